The predicted octanol–water partition coefficient (Wildman–Crippen LogP) is 2.72. The van der Waals surface area contributed by atoms with Crippen LogP contribution in [0.5, 0.6) is 0 Å². The molecule has 0 aliphatic rings. The lowest BCUT2D eigenvalue weighted by Gasteiger charge is -2.08. The van der Waals surface area contributed by atoms with Crippen molar-refractivity contribution in [2.75, 3.05) is 6.26 Å². The molecule has 0 fully saturated rings. The van der Waals surface area contributed by atoms with Gasteiger partial charge in [0.25, 0.3) is 5.91 Å². The first-order chi connectivity index (χ1) is 12.3. The van der Waals surface area contributed by atoms with E-state index in [1.54, 1.807) is 19.2 Å². The quantitative estimate of drug-likeness (QED) is 0.723. The second-order valence-electron chi connectivity index (χ2n) is 6.04. The van der Waals surface area contributed by atoms with Crippen LogP contribution in [0.2, 0.25) is 0 Å². The highest BCUT2D eigenvalue weighted by molar-refractivity contribution is 7.90. The third kappa shape index (κ3) is 4.00. The summed E-state index contributed by atoms with van der Waals surface area (Å²) >= 11 is 0. The van der Waals surface area contributed by atoms with E-state index in [-0.39, 0.29) is 17.3 Å². The minimum atomic E-state index is -3.37. The van der Waals surface area contributed by atoms with Crippen LogP contribution >= 0.6 is 0 Å². The van der Waals surface area contributed by atoms with E-state index in [4.69, 9.17) is 0 Å². The van der Waals surface area contributed by atoms with Gasteiger partial charge in [0.05, 0.1) is 23.3 Å². The average molecular weight is 369 g/mol. The molecule has 7 heteroatoms. The lowest BCUT2D eigenvalue weighted by molar-refractivity contribution is 0.0949. The van der Waals surface area contributed by atoms with Crippen LogP contribution in [0.4, 0.5) is 0 Å². The first kappa shape index (κ1) is 17.9. The van der Waals surface area contributed by atoms with Gasteiger partial charge in [-0.05, 0) is 30.2 Å². The number of nitrogens with zero attached hydrogens (tertiary/aromatic N) is 1. The van der Waals surface area contributed by atoms with Gasteiger partial charge in [0, 0.05) is 11.8 Å². The highest BCUT2D eigenvalue weighted by Crippen LogP contribution is 2.17. The molecule has 134 valence electrons. The number of aromatic nitrogens is 2. The van der Waals surface area contributed by atoms with Crippen molar-refractivity contribution < 1.29 is 13.2 Å². The normalized spacial score (nSPS) is 11.3. The molecule has 0 bridgehead atoms. The van der Waals surface area contributed by atoms with Gasteiger partial charge in [0.15, 0.2) is 9.84 Å². The molecule has 0 radical (unpaired) electrons. The Labute approximate surface area is 152 Å². The molecule has 2 N–H and O–H groups in total. The highest BCUT2D eigenvalue weighted by Gasteiger charge is 2.14. The Morgan fingerprint density at radius 2 is 1.88 bits per heavy atom. The largest absolute Gasteiger partial charge is 0.345 e. The Bertz CT molecular complexity index is 1040. The summed E-state index contributed by atoms with van der Waals surface area (Å²) in [5.41, 5.74) is 2.92. The van der Waals surface area contributed by atoms with Crippen molar-refractivity contribution in [3.8, 4) is 11.3 Å². The van der Waals surface area contributed by atoms with E-state index in [1.807, 2.05) is 30.3 Å². The molecule has 1 amide bonds. The smallest absolute Gasteiger partial charge is 0.251 e. The number of aryl methyl sites for hydroxylation is 1. The van der Waals surface area contributed by atoms with E-state index in [9.17, 15) is 13.2 Å². The molecule has 0 saturated carbocycles. The SMILES string of the molecule is Cc1ccc(S(C)(=O)=O)cc1C(=O)NCc1ncc(-c2ccccc2)[nH]1. The van der Waals surface area contributed by atoms with E-state index in [2.05, 4.69) is 15.3 Å². The second kappa shape index (κ2) is 7.13. The zero-order valence-electron chi connectivity index (χ0n) is 14.5. The molecule has 1 aromatic heterocycles. The van der Waals surface area contributed by atoms with Crippen molar-refractivity contribution in [3.05, 3.63) is 71.7 Å². The summed E-state index contributed by atoms with van der Waals surface area (Å²) in [6.45, 7) is 1.98. The first-order valence-corrected chi connectivity index (χ1v) is 9.92. The van der Waals surface area contributed by atoms with Crippen molar-refractivity contribution in [1.82, 2.24) is 15.3 Å². The van der Waals surface area contributed by atoms with Crippen molar-refractivity contribution >= 4 is 15.7 Å². The van der Waals surface area contributed by atoms with E-state index < -0.39 is 9.84 Å². The Balaban J connectivity index is 1.73. The summed E-state index contributed by atoms with van der Waals surface area (Å²) in [5.74, 6) is 0.278. The van der Waals surface area contributed by atoms with Crippen molar-refractivity contribution in [3.63, 3.8) is 0 Å². The monoisotopic (exact) mass is 369 g/mol. The van der Waals surface area contributed by atoms with E-state index in [1.165, 1.54) is 12.1 Å². The lowest BCUT2D eigenvalue weighted by Crippen LogP contribution is -2.24. The predicted molar refractivity (Wildman–Crippen MR) is 99.5 cm³/mol. The van der Waals surface area contributed by atoms with Crippen LogP contribution in [0.3, 0.4) is 0 Å². The van der Waals surface area contributed by atoms with E-state index >= 15 is 0 Å². The summed E-state index contributed by atoms with van der Waals surface area (Å²) in [6, 6.07) is 14.3. The molecule has 2 aromatic carbocycles. The molecule has 0 unspecified atom stereocenters. The van der Waals surface area contributed by atoms with Crippen LogP contribution in [0.15, 0.2) is 59.6 Å². The highest BCUT2D eigenvalue weighted by atomic mass is 32.2. The van der Waals surface area contributed by atoms with Crippen LogP contribution < -0.4 is 5.32 Å². The van der Waals surface area contributed by atoms with Crippen LogP contribution in [0, 0.1) is 6.92 Å². The molecule has 0 saturated heterocycles. The zero-order chi connectivity index (χ0) is 18.7. The fraction of sp³-hybridized carbons (Fsp3) is 0.158. The molecular formula is C19H19N3O3S. The third-order valence-electron chi connectivity index (χ3n) is 4.01. The van der Waals surface area contributed by atoms with Crippen LogP contribution in [-0.4, -0.2) is 30.5 Å². The van der Waals surface area contributed by atoms with Crippen LogP contribution in [0.25, 0.3) is 11.3 Å². The van der Waals surface area contributed by atoms with Gasteiger partial charge in [-0.15, -0.1) is 0 Å². The van der Waals surface area contributed by atoms with E-state index in [0.717, 1.165) is 17.5 Å². The minimum Gasteiger partial charge on any atom is -0.345 e. The molecule has 3 rings (SSSR count). The summed E-state index contributed by atoms with van der Waals surface area (Å²) in [7, 11) is -3.37. The van der Waals surface area contributed by atoms with Gasteiger partial charge in [0.2, 0.25) is 0 Å². The molecular weight excluding hydrogens is 350 g/mol. The first-order valence-electron chi connectivity index (χ1n) is 8.03. The number of nitrogens with one attached hydrogen (secondary N) is 2. The summed E-state index contributed by atoms with van der Waals surface area (Å²) < 4.78 is 23.4. The Morgan fingerprint density at radius 1 is 1.15 bits per heavy atom. The Hall–Kier alpha value is -2.93. The lowest BCUT2D eigenvalue weighted by atomic mass is 10.1. The van der Waals surface area contributed by atoms with Gasteiger partial charge < -0.3 is 10.3 Å². The van der Waals surface area contributed by atoms with Crippen LogP contribution in [0.1, 0.15) is 21.7 Å². The van der Waals surface area contributed by atoms with Crippen molar-refractivity contribution in [1.29, 1.82) is 0 Å². The standard InChI is InChI=1S/C19H19N3O3S/c1-13-8-9-15(26(2,24)25)10-16(13)19(23)21-12-18-20-11-17(22-18)14-6-4-3-5-7-14/h3-11H,12H2,1-2H3,(H,20,22)(H,21,23). The van der Waals surface area contributed by atoms with Gasteiger partial charge in [-0.2, -0.15) is 0 Å². The Morgan fingerprint density at radius 3 is 2.58 bits per heavy atom. The number of sulfone groups is 1. The maximum absolute atomic E-state index is 12.4. The van der Waals surface area contributed by atoms with Gasteiger partial charge in [-0.1, -0.05) is 36.4 Å². The Kier molecular flexibility index (Phi) is 4.90. The van der Waals surface area contributed by atoms with Gasteiger partial charge in [-0.25, -0.2) is 13.4 Å². The number of rotatable bonds is 5. The number of aromatic amines is 1. The fourth-order valence-corrected chi connectivity index (χ4v) is 3.20. The minimum absolute atomic E-state index is 0.123. The van der Waals surface area contributed by atoms with Crippen molar-refractivity contribution in [2.24, 2.45) is 0 Å². The van der Waals surface area contributed by atoms with Gasteiger partial charge in [-0.3, -0.25) is 4.79 Å². The van der Waals surface area contributed by atoms with Crippen molar-refractivity contribution in [2.45, 2.75) is 18.4 Å². The topological polar surface area (TPSA) is 91.9 Å². The number of hydrogen-bond acceptors (Lipinski definition) is 4. The molecule has 6 nitrogen and oxygen atoms in total. The molecule has 0 spiro atoms. The number of carbonyl (C=O) groups is 1. The fourth-order valence-electron chi connectivity index (χ4n) is 2.55. The zero-order valence-corrected chi connectivity index (χ0v) is 15.3. The summed E-state index contributed by atoms with van der Waals surface area (Å²) in [6.07, 6.45) is 2.83. The molecule has 0 aliphatic heterocycles. The number of H-pyrrole nitrogens is 1. The summed E-state index contributed by atoms with van der Waals surface area (Å²) in [4.78, 5) is 20.0. The van der Waals surface area contributed by atoms with Gasteiger partial charge >= 0.3 is 0 Å². The van der Waals surface area contributed by atoms with E-state index in [0.29, 0.717) is 17.0 Å². The number of amides is 1. The molecule has 26 heavy (non-hydrogen) atoms. The maximum Gasteiger partial charge on any atom is 0.251 e. The van der Waals surface area contributed by atoms with Gasteiger partial charge in [0.1, 0.15) is 5.82 Å². The number of carbonyl (C=O) groups excluding carboxylic acids is 1. The van der Waals surface area contributed by atoms with Crippen LogP contribution in [-0.2, 0) is 16.4 Å². The average Bonchev–Trinajstić information content (AvgIpc) is 3.09. The third-order valence-corrected chi connectivity index (χ3v) is 5.12. The molecule has 0 aliphatic carbocycles. The maximum atomic E-state index is 12.4. The number of hydrogen-bond donors (Lipinski definition) is 2. The molecule has 0 atom stereocenters. The second-order valence-corrected chi connectivity index (χ2v) is 8.06. The summed E-state index contributed by atoms with van der Waals surface area (Å²) in [5, 5.41) is 2.77. The molecule has 1 heterocycles. The number of benzene rings is 2. The number of imidazole rings is 1. The molecule has 3 aromatic rings.